The van der Waals surface area contributed by atoms with Gasteiger partial charge in [-0.15, -0.1) is 0 Å². The lowest BCUT2D eigenvalue weighted by atomic mass is 9.70. The van der Waals surface area contributed by atoms with Crippen molar-refractivity contribution in [3.05, 3.63) is 17.5 Å². The SMILES string of the molecule is COCC1(O)CCN(Cc2cc(CC(C)C)n[nH]2)CC1(C)C. The molecule has 1 fully saturated rings. The Morgan fingerprint density at radius 1 is 1.45 bits per heavy atom. The molecule has 2 heterocycles. The summed E-state index contributed by atoms with van der Waals surface area (Å²) in [5, 5.41) is 18.4. The Hall–Kier alpha value is -0.910. The summed E-state index contributed by atoms with van der Waals surface area (Å²) in [5.41, 5.74) is 1.36. The highest BCUT2D eigenvalue weighted by molar-refractivity contribution is 5.10. The van der Waals surface area contributed by atoms with Crippen molar-refractivity contribution in [1.29, 1.82) is 0 Å². The summed E-state index contributed by atoms with van der Waals surface area (Å²) in [4.78, 5) is 2.39. The summed E-state index contributed by atoms with van der Waals surface area (Å²) in [7, 11) is 1.65. The van der Waals surface area contributed by atoms with Gasteiger partial charge in [0.25, 0.3) is 0 Å². The molecule has 0 spiro atoms. The van der Waals surface area contributed by atoms with Crippen LogP contribution in [0.1, 0.15) is 45.5 Å². The van der Waals surface area contributed by atoms with Crippen molar-refractivity contribution < 1.29 is 9.84 Å². The highest BCUT2D eigenvalue weighted by Gasteiger charge is 2.47. The van der Waals surface area contributed by atoms with Gasteiger partial charge in [-0.05, 0) is 24.8 Å². The van der Waals surface area contributed by atoms with Crippen LogP contribution in [0.2, 0.25) is 0 Å². The quantitative estimate of drug-likeness (QED) is 0.846. The molecule has 1 aromatic heterocycles. The number of ether oxygens (including phenoxy) is 1. The second-order valence-corrected chi connectivity index (χ2v) is 7.79. The van der Waals surface area contributed by atoms with Crippen molar-refractivity contribution in [2.24, 2.45) is 11.3 Å². The molecular weight excluding hydrogens is 278 g/mol. The van der Waals surface area contributed by atoms with Gasteiger partial charge < -0.3 is 9.84 Å². The lowest BCUT2D eigenvalue weighted by molar-refractivity contribution is -0.151. The van der Waals surface area contributed by atoms with E-state index in [0.717, 1.165) is 43.9 Å². The van der Waals surface area contributed by atoms with Crippen LogP contribution in [0.25, 0.3) is 0 Å². The van der Waals surface area contributed by atoms with E-state index in [4.69, 9.17) is 4.74 Å². The molecule has 0 radical (unpaired) electrons. The standard InChI is InChI=1S/C17H31N3O2/c1-13(2)8-14-9-15(19-18-14)10-20-7-6-17(21,12-22-5)16(3,4)11-20/h9,13,21H,6-8,10-12H2,1-5H3,(H,18,19). The Labute approximate surface area is 134 Å². The molecule has 126 valence electrons. The number of piperidine rings is 1. The molecule has 5 heteroatoms. The first-order valence-corrected chi connectivity index (χ1v) is 8.22. The van der Waals surface area contributed by atoms with E-state index >= 15 is 0 Å². The lowest BCUT2D eigenvalue weighted by Crippen LogP contribution is -2.59. The van der Waals surface area contributed by atoms with Crippen molar-refractivity contribution in [1.82, 2.24) is 15.1 Å². The van der Waals surface area contributed by atoms with Gasteiger partial charge in [-0.2, -0.15) is 5.10 Å². The van der Waals surface area contributed by atoms with E-state index in [2.05, 4.69) is 48.9 Å². The van der Waals surface area contributed by atoms with E-state index in [1.807, 2.05) is 0 Å². The predicted octanol–water partition coefficient (Wildman–Crippen LogP) is 2.22. The molecule has 0 aliphatic carbocycles. The van der Waals surface area contributed by atoms with Crippen molar-refractivity contribution in [3.8, 4) is 0 Å². The number of aliphatic hydroxyl groups is 1. The van der Waals surface area contributed by atoms with Crippen LogP contribution in [-0.4, -0.2) is 52.6 Å². The maximum absolute atomic E-state index is 10.8. The van der Waals surface area contributed by atoms with Crippen LogP contribution < -0.4 is 0 Å². The van der Waals surface area contributed by atoms with E-state index in [1.165, 1.54) is 0 Å². The third-order valence-electron chi connectivity index (χ3n) is 4.80. The van der Waals surface area contributed by atoms with Crippen LogP contribution in [0, 0.1) is 11.3 Å². The number of rotatable bonds is 6. The fraction of sp³-hybridized carbons (Fsp3) is 0.824. The molecule has 0 saturated carbocycles. The van der Waals surface area contributed by atoms with Crippen LogP contribution >= 0.6 is 0 Å². The van der Waals surface area contributed by atoms with Crippen LogP contribution in [0.15, 0.2) is 6.07 Å². The van der Waals surface area contributed by atoms with Gasteiger partial charge in [-0.25, -0.2) is 0 Å². The highest BCUT2D eigenvalue weighted by Crippen LogP contribution is 2.39. The fourth-order valence-corrected chi connectivity index (χ4v) is 3.36. The second kappa shape index (κ2) is 6.69. The number of nitrogens with one attached hydrogen (secondary N) is 1. The minimum Gasteiger partial charge on any atom is -0.387 e. The highest BCUT2D eigenvalue weighted by atomic mass is 16.5. The predicted molar refractivity (Wildman–Crippen MR) is 87.6 cm³/mol. The summed E-state index contributed by atoms with van der Waals surface area (Å²) in [6.45, 7) is 11.6. The van der Waals surface area contributed by atoms with Crippen LogP contribution in [0.5, 0.6) is 0 Å². The molecule has 1 atom stereocenters. The molecule has 0 amide bonds. The number of likely N-dealkylation sites (tertiary alicyclic amines) is 1. The van der Waals surface area contributed by atoms with Gasteiger partial charge in [-0.1, -0.05) is 27.7 Å². The number of aromatic amines is 1. The Morgan fingerprint density at radius 3 is 2.77 bits per heavy atom. The average Bonchev–Trinajstić information content (AvgIpc) is 2.81. The molecule has 1 unspecified atom stereocenters. The van der Waals surface area contributed by atoms with Crippen LogP contribution in [0.4, 0.5) is 0 Å². The minimum atomic E-state index is -0.741. The lowest BCUT2D eigenvalue weighted by Gasteiger charge is -2.50. The molecule has 0 aromatic carbocycles. The zero-order valence-electron chi connectivity index (χ0n) is 14.6. The van der Waals surface area contributed by atoms with E-state index in [-0.39, 0.29) is 5.41 Å². The average molecular weight is 309 g/mol. The van der Waals surface area contributed by atoms with Gasteiger partial charge in [0.1, 0.15) is 0 Å². The van der Waals surface area contributed by atoms with Gasteiger partial charge in [-0.3, -0.25) is 10.00 Å². The molecule has 1 aliphatic rings. The first-order chi connectivity index (χ1) is 10.3. The summed E-state index contributed by atoms with van der Waals surface area (Å²) in [6.07, 6.45) is 1.75. The van der Waals surface area contributed by atoms with E-state index < -0.39 is 5.60 Å². The van der Waals surface area contributed by atoms with Gasteiger partial charge in [0.15, 0.2) is 0 Å². The first-order valence-electron chi connectivity index (χ1n) is 8.22. The zero-order valence-corrected chi connectivity index (χ0v) is 14.6. The summed E-state index contributed by atoms with van der Waals surface area (Å²) in [5.74, 6) is 0.620. The van der Waals surface area contributed by atoms with Crippen molar-refractivity contribution >= 4 is 0 Å². The maximum atomic E-state index is 10.8. The molecule has 0 bridgehead atoms. The van der Waals surface area contributed by atoms with Gasteiger partial charge in [0.2, 0.25) is 0 Å². The number of nitrogens with zero attached hydrogens (tertiary/aromatic N) is 2. The Kier molecular flexibility index (Phi) is 5.30. The molecule has 2 rings (SSSR count). The minimum absolute atomic E-state index is 0.192. The largest absolute Gasteiger partial charge is 0.387 e. The third-order valence-corrected chi connectivity index (χ3v) is 4.80. The normalized spacial score (nSPS) is 25.8. The van der Waals surface area contributed by atoms with Gasteiger partial charge >= 0.3 is 0 Å². The number of H-pyrrole nitrogens is 1. The van der Waals surface area contributed by atoms with Crippen molar-refractivity contribution in [2.45, 2.75) is 52.7 Å². The molecular formula is C17H31N3O2. The van der Waals surface area contributed by atoms with E-state index in [0.29, 0.717) is 12.5 Å². The molecule has 1 aliphatic heterocycles. The third kappa shape index (κ3) is 3.89. The van der Waals surface area contributed by atoms with Crippen molar-refractivity contribution in [3.63, 3.8) is 0 Å². The van der Waals surface area contributed by atoms with E-state index in [9.17, 15) is 5.11 Å². The summed E-state index contributed by atoms with van der Waals surface area (Å²) in [6, 6.07) is 2.17. The first kappa shape index (κ1) is 17.4. The Bertz CT molecular complexity index is 484. The summed E-state index contributed by atoms with van der Waals surface area (Å²) < 4.78 is 5.23. The Balaban J connectivity index is 1.97. The van der Waals surface area contributed by atoms with Crippen molar-refractivity contribution in [2.75, 3.05) is 26.8 Å². The molecule has 1 aromatic rings. The monoisotopic (exact) mass is 309 g/mol. The maximum Gasteiger partial charge on any atom is 0.0954 e. The molecule has 22 heavy (non-hydrogen) atoms. The van der Waals surface area contributed by atoms with Gasteiger partial charge in [0.05, 0.1) is 17.9 Å². The van der Waals surface area contributed by atoms with Crippen LogP contribution in [0.3, 0.4) is 0 Å². The topological polar surface area (TPSA) is 61.4 Å². The number of methoxy groups -OCH3 is 1. The number of hydrogen-bond donors (Lipinski definition) is 2. The van der Waals surface area contributed by atoms with Crippen LogP contribution in [-0.2, 0) is 17.7 Å². The fourth-order valence-electron chi connectivity index (χ4n) is 3.36. The van der Waals surface area contributed by atoms with Gasteiger partial charge in [0, 0.05) is 37.9 Å². The molecule has 5 nitrogen and oxygen atoms in total. The molecule has 2 N–H and O–H groups in total. The van der Waals surface area contributed by atoms with E-state index in [1.54, 1.807) is 7.11 Å². The Morgan fingerprint density at radius 2 is 2.18 bits per heavy atom. The second-order valence-electron chi connectivity index (χ2n) is 7.79. The molecule has 1 saturated heterocycles. The number of hydrogen-bond acceptors (Lipinski definition) is 4. The number of aromatic nitrogens is 2. The zero-order chi connectivity index (χ0) is 16.4. The smallest absolute Gasteiger partial charge is 0.0954 e. The summed E-state index contributed by atoms with van der Waals surface area (Å²) >= 11 is 0.